The van der Waals surface area contributed by atoms with E-state index in [1.165, 1.54) is 24.3 Å². The number of nitro benzene ring substituents is 1. The van der Waals surface area contributed by atoms with Gasteiger partial charge in [0.25, 0.3) is 11.6 Å². The Morgan fingerprint density at radius 3 is 2.17 bits per heavy atom. The van der Waals surface area contributed by atoms with E-state index in [9.17, 15) is 38.0 Å². The van der Waals surface area contributed by atoms with Crippen LogP contribution >= 0.6 is 0 Å². The number of nitrogens with one attached hydrogen (secondary N) is 1. The summed E-state index contributed by atoms with van der Waals surface area (Å²) in [4.78, 5) is 34.4. The second-order valence-electron chi connectivity index (χ2n) is 6.23. The fraction of sp³-hybridized carbons (Fsp3) is 0.263. The highest BCUT2D eigenvalue weighted by Crippen LogP contribution is 2.30. The number of carbonyl (C=O) groups is 2. The van der Waals surface area contributed by atoms with Crippen LogP contribution in [0.25, 0.3) is 0 Å². The van der Waals surface area contributed by atoms with E-state index in [1.807, 2.05) is 0 Å². The maximum atomic E-state index is 12.6. The number of non-ortho nitro benzene ring substituents is 1. The van der Waals surface area contributed by atoms with Gasteiger partial charge in [-0.25, -0.2) is 4.79 Å². The van der Waals surface area contributed by atoms with Crippen molar-refractivity contribution in [2.45, 2.75) is 24.7 Å². The van der Waals surface area contributed by atoms with Crippen LogP contribution in [0.5, 0.6) is 0 Å². The number of amides is 1. The number of hydrogen-bond donors (Lipinski definition) is 2. The van der Waals surface area contributed by atoms with Crippen molar-refractivity contribution in [3.05, 3.63) is 75.3 Å². The Morgan fingerprint density at radius 1 is 1.13 bits per heavy atom. The molecule has 0 aliphatic heterocycles. The van der Waals surface area contributed by atoms with Gasteiger partial charge in [-0.05, 0) is 23.3 Å². The number of esters is 1. The Bertz CT molecular complexity index is 913. The van der Waals surface area contributed by atoms with E-state index >= 15 is 0 Å². The molecule has 0 radical (unpaired) electrons. The zero-order valence-electron chi connectivity index (χ0n) is 15.6. The minimum absolute atomic E-state index is 0.0872. The molecular weight excluding hydrogens is 409 g/mol. The number of halogens is 3. The third-order valence-electron chi connectivity index (χ3n) is 4.19. The quantitative estimate of drug-likeness (QED) is 0.399. The maximum absolute atomic E-state index is 12.6. The Kier molecular flexibility index (Phi) is 7.11. The van der Waals surface area contributed by atoms with Gasteiger partial charge in [0.2, 0.25) is 0 Å². The van der Waals surface area contributed by atoms with Gasteiger partial charge in [0, 0.05) is 18.6 Å². The third-order valence-corrected chi connectivity index (χ3v) is 4.19. The molecule has 0 saturated carbocycles. The van der Waals surface area contributed by atoms with Crippen molar-refractivity contribution in [1.29, 1.82) is 0 Å². The van der Waals surface area contributed by atoms with Gasteiger partial charge in [-0.1, -0.05) is 24.3 Å². The number of aliphatic hydroxyl groups is 1. The Morgan fingerprint density at radius 2 is 1.70 bits per heavy atom. The molecule has 11 heteroatoms. The van der Waals surface area contributed by atoms with Crippen LogP contribution in [0, 0.1) is 10.1 Å². The molecule has 2 aromatic carbocycles. The predicted octanol–water partition coefficient (Wildman–Crippen LogP) is 2.55. The van der Waals surface area contributed by atoms with E-state index in [1.54, 1.807) is 0 Å². The van der Waals surface area contributed by atoms with Crippen LogP contribution in [-0.2, 0) is 26.9 Å². The van der Waals surface area contributed by atoms with Crippen LogP contribution in [0.15, 0.2) is 48.5 Å². The fourth-order valence-corrected chi connectivity index (χ4v) is 2.58. The van der Waals surface area contributed by atoms with E-state index < -0.39 is 40.7 Å². The number of rotatable bonds is 7. The Balaban J connectivity index is 2.12. The minimum Gasteiger partial charge on any atom is -0.467 e. The van der Waals surface area contributed by atoms with Gasteiger partial charge in [0.15, 0.2) is 6.10 Å². The fourth-order valence-electron chi connectivity index (χ4n) is 2.58. The molecule has 0 saturated heterocycles. The minimum atomic E-state index is -4.56. The monoisotopic (exact) mass is 426 g/mol. The van der Waals surface area contributed by atoms with Crippen molar-refractivity contribution in [3.63, 3.8) is 0 Å². The van der Waals surface area contributed by atoms with Gasteiger partial charge in [0.05, 0.1) is 17.6 Å². The second-order valence-corrected chi connectivity index (χ2v) is 6.23. The average molecular weight is 426 g/mol. The number of benzene rings is 2. The van der Waals surface area contributed by atoms with Gasteiger partial charge in [-0.3, -0.25) is 14.9 Å². The lowest BCUT2D eigenvalue weighted by atomic mass is 10.0. The summed E-state index contributed by atoms with van der Waals surface area (Å²) in [5, 5.41) is 23.1. The molecule has 0 fully saturated rings. The number of methoxy groups -OCH3 is 1. The first-order valence-corrected chi connectivity index (χ1v) is 8.49. The van der Waals surface area contributed by atoms with Gasteiger partial charge in [-0.2, -0.15) is 13.2 Å². The van der Waals surface area contributed by atoms with E-state index in [4.69, 9.17) is 0 Å². The summed E-state index contributed by atoms with van der Waals surface area (Å²) in [7, 11) is 1.09. The van der Waals surface area contributed by atoms with Gasteiger partial charge >= 0.3 is 12.1 Å². The highest BCUT2D eigenvalue weighted by atomic mass is 19.4. The van der Waals surface area contributed by atoms with Crippen molar-refractivity contribution in [3.8, 4) is 0 Å². The molecule has 0 aromatic heterocycles. The highest BCUT2D eigenvalue weighted by Gasteiger charge is 2.31. The Hall–Kier alpha value is -3.47. The maximum Gasteiger partial charge on any atom is 0.416 e. The van der Waals surface area contributed by atoms with Crippen LogP contribution in [0.2, 0.25) is 0 Å². The number of ether oxygens (including phenoxy) is 1. The van der Waals surface area contributed by atoms with Crippen LogP contribution < -0.4 is 5.32 Å². The summed E-state index contributed by atoms with van der Waals surface area (Å²) < 4.78 is 42.5. The van der Waals surface area contributed by atoms with Crippen LogP contribution in [0.4, 0.5) is 18.9 Å². The van der Waals surface area contributed by atoms with E-state index in [0.717, 1.165) is 31.4 Å². The molecule has 2 atom stereocenters. The lowest BCUT2D eigenvalue weighted by Gasteiger charge is -2.19. The van der Waals surface area contributed by atoms with Crippen molar-refractivity contribution in [2.75, 3.05) is 7.11 Å². The molecule has 0 bridgehead atoms. The van der Waals surface area contributed by atoms with Gasteiger partial charge < -0.3 is 15.2 Å². The third kappa shape index (κ3) is 5.77. The Labute approximate surface area is 168 Å². The molecule has 0 aliphatic carbocycles. The number of aliphatic hydroxyl groups excluding tert-OH is 1. The SMILES string of the molecule is COC(=O)[C@H](Cc1ccc([N+](=O)[O-])cc1)NC(=O)[C@H](O)c1ccc(C(F)(F)F)cc1. The smallest absolute Gasteiger partial charge is 0.416 e. The molecule has 2 rings (SSSR count). The summed E-state index contributed by atoms with van der Waals surface area (Å²) in [5.74, 6) is -1.85. The first kappa shape index (κ1) is 22.8. The van der Waals surface area contributed by atoms with Crippen LogP contribution in [0.3, 0.4) is 0 Å². The molecule has 2 aromatic rings. The van der Waals surface area contributed by atoms with E-state index in [0.29, 0.717) is 5.56 Å². The van der Waals surface area contributed by atoms with Crippen molar-refractivity contribution in [1.82, 2.24) is 5.32 Å². The standard InChI is InChI=1S/C19H17F3N2O6/c1-30-18(27)15(10-11-2-8-14(9-3-11)24(28)29)23-17(26)16(25)12-4-6-13(7-5-12)19(20,21)22/h2-9,15-16,25H,10H2,1H3,(H,23,26)/t15-,16+/m0/s1. The van der Waals surface area contributed by atoms with Crippen LogP contribution in [-0.4, -0.2) is 35.1 Å². The lowest BCUT2D eigenvalue weighted by molar-refractivity contribution is -0.384. The zero-order chi connectivity index (χ0) is 22.5. The molecule has 8 nitrogen and oxygen atoms in total. The summed E-state index contributed by atoms with van der Waals surface area (Å²) in [5.41, 5.74) is -0.723. The van der Waals surface area contributed by atoms with Crippen molar-refractivity contribution < 1.29 is 37.5 Å². The number of nitro groups is 1. The highest BCUT2D eigenvalue weighted by molar-refractivity contribution is 5.87. The molecule has 0 unspecified atom stereocenters. The largest absolute Gasteiger partial charge is 0.467 e. The lowest BCUT2D eigenvalue weighted by Crippen LogP contribution is -2.45. The average Bonchev–Trinajstić information content (AvgIpc) is 2.71. The molecular formula is C19H17F3N2O6. The summed E-state index contributed by atoms with van der Waals surface area (Å²) in [6, 6.07) is 7.37. The van der Waals surface area contributed by atoms with E-state index in [2.05, 4.69) is 10.1 Å². The number of carbonyl (C=O) groups excluding carboxylic acids is 2. The molecule has 160 valence electrons. The molecule has 2 N–H and O–H groups in total. The summed E-state index contributed by atoms with van der Waals surface area (Å²) in [6.07, 6.45) is -6.47. The first-order valence-electron chi connectivity index (χ1n) is 8.49. The first-order chi connectivity index (χ1) is 14.0. The second kappa shape index (κ2) is 9.35. The molecule has 0 heterocycles. The predicted molar refractivity (Wildman–Crippen MR) is 97.2 cm³/mol. The van der Waals surface area contributed by atoms with E-state index in [-0.39, 0.29) is 17.7 Å². The molecule has 0 spiro atoms. The molecule has 1 amide bonds. The topological polar surface area (TPSA) is 119 Å². The van der Waals surface area contributed by atoms with Crippen molar-refractivity contribution >= 4 is 17.6 Å². The summed E-state index contributed by atoms with van der Waals surface area (Å²) in [6.45, 7) is 0. The molecule has 30 heavy (non-hydrogen) atoms. The van der Waals surface area contributed by atoms with Gasteiger partial charge in [-0.15, -0.1) is 0 Å². The van der Waals surface area contributed by atoms with Crippen LogP contribution in [0.1, 0.15) is 22.8 Å². The molecule has 0 aliphatic rings. The number of alkyl halides is 3. The van der Waals surface area contributed by atoms with Crippen molar-refractivity contribution in [2.24, 2.45) is 0 Å². The normalized spacial score (nSPS) is 13.2. The number of nitrogens with zero attached hydrogens (tertiary/aromatic N) is 1. The number of hydrogen-bond acceptors (Lipinski definition) is 6. The summed E-state index contributed by atoms with van der Waals surface area (Å²) >= 11 is 0. The zero-order valence-corrected chi connectivity index (χ0v) is 15.6. The van der Waals surface area contributed by atoms with Gasteiger partial charge in [0.1, 0.15) is 6.04 Å².